The average Bonchev–Trinajstić information content (AvgIpc) is 3.61. The first kappa shape index (κ1) is 35.3. The van der Waals surface area contributed by atoms with Gasteiger partial charge in [-0.2, -0.15) is 12.1 Å². The topological polar surface area (TPSA) is 0 Å². The second kappa shape index (κ2) is 15.8. The first-order chi connectivity index (χ1) is 21.4. The summed E-state index contributed by atoms with van der Waals surface area (Å²) in [5.41, 5.74) is 7.94. The molecule has 232 valence electrons. The van der Waals surface area contributed by atoms with E-state index in [9.17, 15) is 0 Å². The van der Waals surface area contributed by atoms with Crippen LogP contribution in [0, 0.1) is 28.7 Å². The van der Waals surface area contributed by atoms with E-state index in [1.165, 1.54) is 76.5 Å². The number of aryl methyl sites for hydroxylation is 2. The molecule has 0 aliphatic carbocycles. The van der Waals surface area contributed by atoms with Gasteiger partial charge in [-0.1, -0.05) is 122 Å². The van der Waals surface area contributed by atoms with Crippen molar-refractivity contribution in [3.63, 3.8) is 0 Å². The van der Waals surface area contributed by atoms with E-state index in [0.29, 0.717) is 0 Å². The Hall–Kier alpha value is -3.61. The summed E-state index contributed by atoms with van der Waals surface area (Å²) >= 11 is -1.85. The maximum Gasteiger partial charge on any atom is -0.358 e. The molecule has 46 heavy (non-hydrogen) atoms. The van der Waals surface area contributed by atoms with Gasteiger partial charge >= 0.3 is 40.1 Å². The fourth-order valence-electron chi connectivity index (χ4n) is 6.16. The van der Waals surface area contributed by atoms with Crippen molar-refractivity contribution >= 4 is 64.3 Å². The number of hydrogen-bond acceptors (Lipinski definition) is 0. The molecule has 0 nitrogen and oxygen atoms in total. The number of fused-ring (bicyclic) bond motifs is 4. The standard InChI is InChI=1S/2C20H15.2CH3.CH2.2ClH.Zr/c2*1-14-12-16-8-5-11-19(20(16)13-14)18-10-4-7-15-6-2-3-9-17(15)18;;;;;;/h2*2-13H,1H3;2*1H3;1H2;2*1H;/q4*-1;;;;+2/p-2. The minimum Gasteiger partial charge on any atom is -0.358 e. The molecule has 0 saturated carbocycles. The molecule has 0 bridgehead atoms. The Bertz CT molecular complexity index is 2080. The van der Waals surface area contributed by atoms with E-state index in [1.54, 1.807) is 0 Å². The third kappa shape index (κ3) is 7.67. The smallest absolute Gasteiger partial charge is 0.358 e. The van der Waals surface area contributed by atoms with E-state index in [2.05, 4.69) is 164 Å². The second-order valence-electron chi connectivity index (χ2n) is 11.1. The van der Waals surface area contributed by atoms with Crippen molar-refractivity contribution in [2.45, 2.75) is 13.8 Å². The Morgan fingerprint density at radius 2 is 0.761 bits per heavy atom. The Kier molecular flexibility index (Phi) is 12.1. The molecule has 8 aromatic rings. The molecule has 0 aliphatic rings. The average molecular weight is 717 g/mol. The van der Waals surface area contributed by atoms with Crippen LogP contribution in [0.2, 0.25) is 0 Å². The first-order valence-electron chi connectivity index (χ1n) is 14.7. The zero-order chi connectivity index (χ0) is 30.6. The van der Waals surface area contributed by atoms with Crippen LogP contribution in [0.3, 0.4) is 0 Å². The molecular formula is C43H38Cl2Zr-4. The molecule has 0 fully saturated rings. The van der Waals surface area contributed by atoms with Gasteiger partial charge in [-0.25, -0.2) is 0 Å². The molecule has 0 spiro atoms. The maximum absolute atomic E-state index is 5.13. The Balaban J connectivity index is 0.000000180. The van der Waals surface area contributed by atoms with Gasteiger partial charge in [0.25, 0.3) is 0 Å². The van der Waals surface area contributed by atoms with Crippen LogP contribution in [0.4, 0.5) is 0 Å². The Morgan fingerprint density at radius 1 is 0.457 bits per heavy atom. The molecular weight excluding hydrogens is 679 g/mol. The van der Waals surface area contributed by atoms with E-state index in [0.717, 1.165) is 0 Å². The molecule has 0 aromatic heterocycles. The van der Waals surface area contributed by atoms with Gasteiger partial charge in [0.1, 0.15) is 0 Å². The van der Waals surface area contributed by atoms with Crippen LogP contribution >= 0.6 is 17.0 Å². The van der Waals surface area contributed by atoms with Crippen LogP contribution < -0.4 is 0 Å². The molecule has 0 amide bonds. The maximum atomic E-state index is 5.13. The van der Waals surface area contributed by atoms with E-state index in [-0.39, 0.29) is 14.9 Å². The van der Waals surface area contributed by atoms with E-state index >= 15 is 0 Å². The first-order valence-corrected chi connectivity index (χ1v) is 22.7. The molecule has 0 unspecified atom stereocenters. The van der Waals surface area contributed by atoms with E-state index < -0.39 is 18.9 Å². The Labute approximate surface area is 288 Å². The predicted octanol–water partition coefficient (Wildman–Crippen LogP) is 13.6. The van der Waals surface area contributed by atoms with Crippen LogP contribution in [0.1, 0.15) is 11.1 Å². The van der Waals surface area contributed by atoms with Crippen LogP contribution in [0.5, 0.6) is 0 Å². The summed E-state index contributed by atoms with van der Waals surface area (Å²) < 4.78 is 3.37. The summed E-state index contributed by atoms with van der Waals surface area (Å²) in [5.74, 6) is 0. The molecule has 0 N–H and O–H groups in total. The summed E-state index contributed by atoms with van der Waals surface area (Å²) in [6.45, 7) is 4.32. The zero-order valence-corrected chi connectivity index (χ0v) is 30.8. The normalized spacial score (nSPS) is 10.3. The van der Waals surface area contributed by atoms with Crippen molar-refractivity contribution in [1.29, 1.82) is 0 Å². The van der Waals surface area contributed by atoms with Crippen LogP contribution in [-0.2, 0) is 18.9 Å². The molecule has 0 radical (unpaired) electrons. The van der Waals surface area contributed by atoms with Crippen LogP contribution in [-0.4, -0.2) is 4.21 Å². The second-order valence-corrected chi connectivity index (χ2v) is 19.3. The number of hydrogen-bond donors (Lipinski definition) is 0. The minimum absolute atomic E-state index is 0. The number of halogens is 2. The van der Waals surface area contributed by atoms with Crippen molar-refractivity contribution in [3.8, 4) is 22.3 Å². The van der Waals surface area contributed by atoms with E-state index in [1.807, 2.05) is 0 Å². The number of benzene rings is 6. The van der Waals surface area contributed by atoms with Crippen LogP contribution in [0.25, 0.3) is 65.3 Å². The van der Waals surface area contributed by atoms with Gasteiger partial charge in [-0.15, -0.1) is 69.1 Å². The minimum atomic E-state index is -1.85. The monoisotopic (exact) mass is 714 g/mol. The van der Waals surface area contributed by atoms with Gasteiger partial charge in [0, 0.05) is 0 Å². The van der Waals surface area contributed by atoms with Crippen molar-refractivity contribution in [2.24, 2.45) is 0 Å². The van der Waals surface area contributed by atoms with Crippen molar-refractivity contribution < 1.29 is 18.9 Å². The van der Waals surface area contributed by atoms with Gasteiger partial charge in [0.2, 0.25) is 0 Å². The van der Waals surface area contributed by atoms with Gasteiger partial charge in [-0.05, 0) is 32.7 Å². The number of rotatable bonds is 2. The molecule has 0 atom stereocenters. The van der Waals surface area contributed by atoms with Gasteiger partial charge in [-0.3, -0.25) is 0 Å². The molecule has 0 heterocycles. The summed E-state index contributed by atoms with van der Waals surface area (Å²) in [5, 5.41) is 10.6. The summed E-state index contributed by atoms with van der Waals surface area (Å²) in [7, 11) is 10.3. The molecule has 0 saturated heterocycles. The van der Waals surface area contributed by atoms with Crippen molar-refractivity contribution in [3.05, 3.63) is 172 Å². The molecule has 3 heteroatoms. The van der Waals surface area contributed by atoms with Gasteiger partial charge in [0.15, 0.2) is 0 Å². The fraction of sp³-hybridized carbons (Fsp3) is 0.0465. The summed E-state index contributed by atoms with van der Waals surface area (Å²) in [6, 6.07) is 52.5. The largest absolute Gasteiger partial charge is 0.358 e. The van der Waals surface area contributed by atoms with Crippen molar-refractivity contribution in [1.82, 2.24) is 0 Å². The molecule has 8 rings (SSSR count). The predicted molar refractivity (Wildman–Crippen MR) is 206 cm³/mol. The third-order valence-corrected chi connectivity index (χ3v) is 7.95. The van der Waals surface area contributed by atoms with Crippen molar-refractivity contribution in [2.75, 3.05) is 0 Å². The fourth-order valence-corrected chi connectivity index (χ4v) is 6.16. The van der Waals surface area contributed by atoms with E-state index in [4.69, 9.17) is 17.0 Å². The summed E-state index contributed by atoms with van der Waals surface area (Å²) in [4.78, 5) is 0. The summed E-state index contributed by atoms with van der Waals surface area (Å²) in [6.07, 6.45) is 0. The van der Waals surface area contributed by atoms with Gasteiger partial charge in [0.05, 0.1) is 0 Å². The van der Waals surface area contributed by atoms with Gasteiger partial charge < -0.3 is 14.9 Å². The molecule has 0 aliphatic heterocycles. The third-order valence-electron chi connectivity index (χ3n) is 7.95. The van der Waals surface area contributed by atoms with Crippen LogP contribution in [0.15, 0.2) is 146 Å². The zero-order valence-electron chi connectivity index (χ0n) is 26.8. The Morgan fingerprint density at radius 3 is 1.15 bits per heavy atom. The molecule has 8 aromatic carbocycles. The SMILES string of the molecule is Cc1cc2c(-c3cccc4ccccc34)cccc2[cH-]1.Cc1cc2c(-c3cccc4ccccc34)cccc2[cH-]1.[CH2]=[Zr]([Cl])[Cl].[CH3-].[CH3-]. The quantitative estimate of drug-likeness (QED) is 0.156.